The zero-order chi connectivity index (χ0) is 21.1. The van der Waals surface area contributed by atoms with Crippen molar-refractivity contribution in [1.82, 2.24) is 19.5 Å². The van der Waals surface area contributed by atoms with Crippen LogP contribution in [-0.4, -0.2) is 44.5 Å². The molecule has 7 heteroatoms. The first-order valence-electron chi connectivity index (χ1n) is 10.4. The first-order chi connectivity index (χ1) is 14.5. The number of hydrogen-bond acceptors (Lipinski definition) is 5. The van der Waals surface area contributed by atoms with Gasteiger partial charge in [0.05, 0.1) is 23.5 Å². The third-order valence-electron chi connectivity index (χ3n) is 5.47. The summed E-state index contributed by atoms with van der Waals surface area (Å²) >= 11 is 0. The number of fused-ring (bicyclic) bond motifs is 1. The molecular formula is C23H26N6O. The zero-order valence-corrected chi connectivity index (χ0v) is 17.4. The molecule has 0 aliphatic carbocycles. The first-order valence-corrected chi connectivity index (χ1v) is 10.4. The minimum atomic E-state index is 0.203. The Labute approximate surface area is 176 Å². The number of nitrogens with one attached hydrogen (secondary N) is 1. The Balaban J connectivity index is 1.50. The summed E-state index contributed by atoms with van der Waals surface area (Å²) < 4.78 is 1.81. The number of amides is 1. The van der Waals surface area contributed by atoms with Gasteiger partial charge in [-0.15, -0.1) is 5.10 Å². The van der Waals surface area contributed by atoms with Crippen LogP contribution in [0, 0.1) is 17.2 Å². The molecule has 0 saturated carbocycles. The van der Waals surface area contributed by atoms with Gasteiger partial charge in [0, 0.05) is 31.1 Å². The highest BCUT2D eigenvalue weighted by molar-refractivity contribution is 5.77. The molecule has 0 radical (unpaired) electrons. The molecule has 0 spiro atoms. The van der Waals surface area contributed by atoms with Crippen LogP contribution in [0.3, 0.4) is 0 Å². The highest BCUT2D eigenvalue weighted by atomic mass is 16.2. The Kier molecular flexibility index (Phi) is 5.66. The summed E-state index contributed by atoms with van der Waals surface area (Å²) in [7, 11) is 0. The lowest BCUT2D eigenvalue weighted by Crippen LogP contribution is -2.40. The van der Waals surface area contributed by atoms with Crippen LogP contribution in [0.4, 0.5) is 5.82 Å². The Bertz CT molecular complexity index is 1080. The van der Waals surface area contributed by atoms with Gasteiger partial charge in [-0.1, -0.05) is 26.0 Å². The van der Waals surface area contributed by atoms with E-state index in [2.05, 4.69) is 30.2 Å². The summed E-state index contributed by atoms with van der Waals surface area (Å²) in [5, 5.41) is 17.1. The minimum Gasteiger partial charge on any atom is -0.367 e. The molecule has 1 amide bonds. The lowest BCUT2D eigenvalue weighted by atomic mass is 10.1. The molecule has 30 heavy (non-hydrogen) atoms. The quantitative estimate of drug-likeness (QED) is 0.679. The number of likely N-dealkylation sites (tertiary alicyclic amines) is 1. The van der Waals surface area contributed by atoms with Gasteiger partial charge in [0.2, 0.25) is 5.91 Å². The maximum Gasteiger partial charge on any atom is 0.223 e. The number of nitrogens with zero attached hydrogens (tertiary/aromatic N) is 5. The highest BCUT2D eigenvalue weighted by Crippen LogP contribution is 2.23. The van der Waals surface area contributed by atoms with Crippen LogP contribution in [0.2, 0.25) is 0 Å². The van der Waals surface area contributed by atoms with E-state index in [9.17, 15) is 4.79 Å². The second-order valence-corrected chi connectivity index (χ2v) is 8.18. The number of aromatic nitrogens is 3. The van der Waals surface area contributed by atoms with Gasteiger partial charge < -0.3 is 10.2 Å². The highest BCUT2D eigenvalue weighted by Gasteiger charge is 2.28. The van der Waals surface area contributed by atoms with E-state index in [1.54, 1.807) is 22.8 Å². The lowest BCUT2D eigenvalue weighted by Gasteiger charge is -2.26. The van der Waals surface area contributed by atoms with Crippen molar-refractivity contribution >= 4 is 17.4 Å². The largest absolute Gasteiger partial charge is 0.367 e. The van der Waals surface area contributed by atoms with Gasteiger partial charge in [-0.3, -0.25) is 4.79 Å². The van der Waals surface area contributed by atoms with Gasteiger partial charge in [-0.2, -0.15) is 5.26 Å². The maximum atomic E-state index is 12.5. The Morgan fingerprint density at radius 3 is 2.80 bits per heavy atom. The van der Waals surface area contributed by atoms with Crippen LogP contribution in [0.1, 0.15) is 38.7 Å². The fraction of sp³-hybridized carbons (Fsp3) is 0.391. The molecule has 3 aromatic rings. The molecule has 0 bridgehead atoms. The van der Waals surface area contributed by atoms with Crippen molar-refractivity contribution in [1.29, 1.82) is 5.26 Å². The summed E-state index contributed by atoms with van der Waals surface area (Å²) in [6, 6.07) is 13.6. The van der Waals surface area contributed by atoms with E-state index in [0.29, 0.717) is 24.4 Å². The predicted molar refractivity (Wildman–Crippen MR) is 116 cm³/mol. The van der Waals surface area contributed by atoms with E-state index >= 15 is 0 Å². The van der Waals surface area contributed by atoms with E-state index in [0.717, 1.165) is 42.1 Å². The van der Waals surface area contributed by atoms with Crippen molar-refractivity contribution in [3.8, 4) is 17.3 Å². The fourth-order valence-electron chi connectivity index (χ4n) is 3.95. The van der Waals surface area contributed by atoms with Gasteiger partial charge in [-0.05, 0) is 43.0 Å². The van der Waals surface area contributed by atoms with Crippen molar-refractivity contribution in [2.24, 2.45) is 5.92 Å². The predicted octanol–water partition coefficient (Wildman–Crippen LogP) is 3.72. The average Bonchev–Trinajstić information content (AvgIpc) is 3.38. The van der Waals surface area contributed by atoms with Crippen LogP contribution in [0.5, 0.6) is 0 Å². The molecule has 2 aromatic heterocycles. The van der Waals surface area contributed by atoms with E-state index < -0.39 is 0 Å². The lowest BCUT2D eigenvalue weighted by molar-refractivity contribution is -0.132. The van der Waals surface area contributed by atoms with Crippen LogP contribution in [-0.2, 0) is 4.79 Å². The zero-order valence-electron chi connectivity index (χ0n) is 17.4. The number of rotatable bonds is 6. The molecule has 154 valence electrons. The van der Waals surface area contributed by atoms with E-state index in [1.807, 2.05) is 29.2 Å². The average molecular weight is 403 g/mol. The Morgan fingerprint density at radius 1 is 1.27 bits per heavy atom. The minimum absolute atomic E-state index is 0.203. The summed E-state index contributed by atoms with van der Waals surface area (Å²) in [5.74, 6) is 1.37. The monoisotopic (exact) mass is 402 g/mol. The number of benzene rings is 1. The van der Waals surface area contributed by atoms with Gasteiger partial charge in [0.1, 0.15) is 5.82 Å². The van der Waals surface area contributed by atoms with Crippen molar-refractivity contribution < 1.29 is 4.79 Å². The van der Waals surface area contributed by atoms with Crippen molar-refractivity contribution in [3.05, 3.63) is 48.2 Å². The normalized spacial score (nSPS) is 16.2. The van der Waals surface area contributed by atoms with Crippen LogP contribution in [0.15, 0.2) is 42.6 Å². The molecule has 1 N–H and O–H groups in total. The third kappa shape index (κ3) is 4.13. The van der Waals surface area contributed by atoms with E-state index in [1.165, 1.54) is 0 Å². The Hall–Kier alpha value is -3.40. The molecule has 1 unspecified atom stereocenters. The molecule has 3 heterocycles. The van der Waals surface area contributed by atoms with Crippen molar-refractivity contribution in [2.75, 3.05) is 18.4 Å². The van der Waals surface area contributed by atoms with Gasteiger partial charge in [0.25, 0.3) is 0 Å². The van der Waals surface area contributed by atoms with Gasteiger partial charge in [0.15, 0.2) is 5.65 Å². The van der Waals surface area contributed by atoms with Crippen LogP contribution in [0.25, 0.3) is 16.9 Å². The fourth-order valence-corrected chi connectivity index (χ4v) is 3.95. The summed E-state index contributed by atoms with van der Waals surface area (Å²) in [6.07, 6.45) is 4.45. The molecule has 1 atom stereocenters. The van der Waals surface area contributed by atoms with Crippen LogP contribution < -0.4 is 5.32 Å². The summed E-state index contributed by atoms with van der Waals surface area (Å²) in [5.41, 5.74) is 3.20. The standard InChI is InChI=1S/C23H26N6O/c1-16(2)12-23(30)28-11-3-4-19(28)14-25-21-9-10-22-26-15-20(29(22)27-21)18-7-5-17(13-24)6-8-18/h5-10,15-16,19H,3-4,11-12,14H2,1-2H3,(H,25,27). The molecule has 7 nitrogen and oxygen atoms in total. The van der Waals surface area contributed by atoms with Gasteiger partial charge in [-0.25, -0.2) is 9.50 Å². The molecule has 1 aliphatic rings. The molecule has 1 aliphatic heterocycles. The van der Waals surface area contributed by atoms with Crippen molar-refractivity contribution in [2.45, 2.75) is 39.2 Å². The third-order valence-corrected chi connectivity index (χ3v) is 5.47. The summed E-state index contributed by atoms with van der Waals surface area (Å²) in [4.78, 5) is 19.0. The number of anilines is 1. The number of carbonyl (C=O) groups is 1. The van der Waals surface area contributed by atoms with Gasteiger partial charge >= 0.3 is 0 Å². The smallest absolute Gasteiger partial charge is 0.223 e. The molecule has 1 saturated heterocycles. The first kappa shape index (κ1) is 19.9. The molecule has 1 fully saturated rings. The maximum absolute atomic E-state index is 12.5. The van der Waals surface area contributed by atoms with E-state index in [-0.39, 0.29) is 11.9 Å². The van der Waals surface area contributed by atoms with E-state index in [4.69, 9.17) is 10.4 Å². The van der Waals surface area contributed by atoms with Crippen molar-refractivity contribution in [3.63, 3.8) is 0 Å². The number of carbonyl (C=O) groups excluding carboxylic acids is 1. The number of hydrogen-bond donors (Lipinski definition) is 1. The number of nitriles is 1. The summed E-state index contributed by atoms with van der Waals surface area (Å²) in [6.45, 7) is 5.69. The number of imidazole rings is 1. The second kappa shape index (κ2) is 8.54. The van der Waals surface area contributed by atoms with Crippen LogP contribution >= 0.6 is 0 Å². The topological polar surface area (TPSA) is 86.3 Å². The molecular weight excluding hydrogens is 376 g/mol. The molecule has 1 aromatic carbocycles. The second-order valence-electron chi connectivity index (χ2n) is 8.18. The SMILES string of the molecule is CC(C)CC(=O)N1CCCC1CNc1ccc2ncc(-c3ccc(C#N)cc3)n2n1. The molecule has 4 rings (SSSR count). The Morgan fingerprint density at radius 2 is 2.07 bits per heavy atom.